The minimum Gasteiger partial charge on any atom is -0.494 e. The molecule has 0 unspecified atom stereocenters. The van der Waals surface area contributed by atoms with Crippen LogP contribution in [0.1, 0.15) is 6.92 Å². The standard InChI is InChI=1S/C21H18ClN5O3/c1-2-30-17-8-6-15(7-9-17)25-19(28)12-26-13-23-20-18(21(26)29)11-24-27(20)16-5-3-4-14(22)10-16/h3-11,13H,2,12H2,1H3,(H,25,28). The molecule has 2 aromatic heterocycles. The number of nitrogens with one attached hydrogen (secondary N) is 1. The second-order valence-corrected chi connectivity index (χ2v) is 6.89. The molecule has 0 saturated carbocycles. The normalized spacial score (nSPS) is 10.9. The third kappa shape index (κ3) is 4.04. The van der Waals surface area contributed by atoms with E-state index in [2.05, 4.69) is 15.4 Å². The maximum atomic E-state index is 12.8. The molecular weight excluding hydrogens is 406 g/mol. The summed E-state index contributed by atoms with van der Waals surface area (Å²) in [7, 11) is 0. The lowest BCUT2D eigenvalue weighted by Crippen LogP contribution is -2.27. The van der Waals surface area contributed by atoms with Gasteiger partial charge >= 0.3 is 0 Å². The highest BCUT2D eigenvalue weighted by molar-refractivity contribution is 6.30. The molecule has 2 heterocycles. The number of rotatable bonds is 6. The van der Waals surface area contributed by atoms with Crippen molar-refractivity contribution in [1.82, 2.24) is 19.3 Å². The Kier molecular flexibility index (Phi) is 5.49. The van der Waals surface area contributed by atoms with E-state index in [1.54, 1.807) is 42.5 Å². The molecule has 0 aliphatic rings. The topological polar surface area (TPSA) is 91.0 Å². The lowest BCUT2D eigenvalue weighted by Gasteiger charge is -2.09. The molecule has 0 radical (unpaired) electrons. The molecule has 1 amide bonds. The molecule has 1 N–H and O–H groups in total. The van der Waals surface area contributed by atoms with Crippen molar-refractivity contribution in [1.29, 1.82) is 0 Å². The molecule has 30 heavy (non-hydrogen) atoms. The van der Waals surface area contributed by atoms with E-state index in [1.165, 1.54) is 21.8 Å². The first-order valence-electron chi connectivity index (χ1n) is 9.27. The SMILES string of the molecule is CCOc1ccc(NC(=O)Cn2cnc3c(cnn3-c3cccc(Cl)c3)c2=O)cc1. The van der Waals surface area contributed by atoms with Crippen LogP contribution in [0.3, 0.4) is 0 Å². The van der Waals surface area contributed by atoms with E-state index in [1.807, 2.05) is 13.0 Å². The van der Waals surface area contributed by atoms with Gasteiger partial charge in [0.15, 0.2) is 5.65 Å². The maximum Gasteiger partial charge on any atom is 0.264 e. The smallest absolute Gasteiger partial charge is 0.264 e. The first-order chi connectivity index (χ1) is 14.5. The monoisotopic (exact) mass is 423 g/mol. The van der Waals surface area contributed by atoms with Gasteiger partial charge in [-0.2, -0.15) is 5.10 Å². The van der Waals surface area contributed by atoms with E-state index in [0.29, 0.717) is 34.0 Å². The van der Waals surface area contributed by atoms with Gasteiger partial charge in [0.2, 0.25) is 5.91 Å². The van der Waals surface area contributed by atoms with Crippen LogP contribution in [0.4, 0.5) is 5.69 Å². The summed E-state index contributed by atoms with van der Waals surface area (Å²) in [6, 6.07) is 14.1. The lowest BCUT2D eigenvalue weighted by molar-refractivity contribution is -0.116. The Balaban J connectivity index is 1.54. The fraction of sp³-hybridized carbons (Fsp3) is 0.143. The van der Waals surface area contributed by atoms with Crippen molar-refractivity contribution in [2.45, 2.75) is 13.5 Å². The van der Waals surface area contributed by atoms with Crippen LogP contribution >= 0.6 is 11.6 Å². The number of amides is 1. The quantitative estimate of drug-likeness (QED) is 0.514. The third-order valence-corrected chi connectivity index (χ3v) is 4.61. The first-order valence-corrected chi connectivity index (χ1v) is 9.65. The molecule has 0 aliphatic carbocycles. The summed E-state index contributed by atoms with van der Waals surface area (Å²) >= 11 is 6.04. The Bertz CT molecular complexity index is 1260. The Labute approximate surface area is 176 Å². The van der Waals surface area contributed by atoms with E-state index < -0.39 is 0 Å². The van der Waals surface area contributed by atoms with Crippen LogP contribution in [-0.2, 0) is 11.3 Å². The molecule has 4 rings (SSSR count). The number of carbonyl (C=O) groups is 1. The molecule has 0 aliphatic heterocycles. The van der Waals surface area contributed by atoms with Gasteiger partial charge in [0, 0.05) is 10.7 Å². The van der Waals surface area contributed by atoms with Crippen LogP contribution in [-0.4, -0.2) is 31.8 Å². The summed E-state index contributed by atoms with van der Waals surface area (Å²) in [5.74, 6) is 0.378. The lowest BCUT2D eigenvalue weighted by atomic mass is 10.3. The highest BCUT2D eigenvalue weighted by Crippen LogP contribution is 2.18. The van der Waals surface area contributed by atoms with Crippen LogP contribution in [0.15, 0.2) is 65.8 Å². The molecule has 0 saturated heterocycles. The maximum absolute atomic E-state index is 12.8. The Morgan fingerprint density at radius 1 is 1.20 bits per heavy atom. The molecule has 0 atom stereocenters. The molecule has 0 spiro atoms. The second-order valence-electron chi connectivity index (χ2n) is 6.46. The van der Waals surface area contributed by atoms with E-state index in [9.17, 15) is 9.59 Å². The van der Waals surface area contributed by atoms with Crippen molar-refractivity contribution >= 4 is 34.2 Å². The predicted octanol–water partition coefficient (Wildman–Crippen LogP) is 3.27. The Morgan fingerprint density at radius 2 is 2.00 bits per heavy atom. The fourth-order valence-corrected chi connectivity index (χ4v) is 3.20. The van der Waals surface area contributed by atoms with Crippen molar-refractivity contribution in [3.8, 4) is 11.4 Å². The van der Waals surface area contributed by atoms with Crippen LogP contribution in [0.2, 0.25) is 5.02 Å². The van der Waals surface area contributed by atoms with E-state index in [-0.39, 0.29) is 18.0 Å². The number of carbonyl (C=O) groups excluding carboxylic acids is 1. The average molecular weight is 424 g/mol. The van der Waals surface area contributed by atoms with Crippen LogP contribution in [0.5, 0.6) is 5.75 Å². The van der Waals surface area contributed by atoms with Crippen LogP contribution in [0.25, 0.3) is 16.7 Å². The molecule has 0 bridgehead atoms. The zero-order chi connectivity index (χ0) is 21.1. The number of nitrogens with zero attached hydrogens (tertiary/aromatic N) is 4. The molecule has 2 aromatic carbocycles. The van der Waals surface area contributed by atoms with Gasteiger partial charge in [-0.05, 0) is 49.4 Å². The highest BCUT2D eigenvalue weighted by atomic mass is 35.5. The Hall–Kier alpha value is -3.65. The predicted molar refractivity (Wildman–Crippen MR) is 114 cm³/mol. The summed E-state index contributed by atoms with van der Waals surface area (Å²) in [5, 5.41) is 7.87. The molecule has 8 nitrogen and oxygen atoms in total. The second kappa shape index (κ2) is 8.38. The molecule has 9 heteroatoms. The van der Waals surface area contributed by atoms with Crippen LogP contribution < -0.4 is 15.6 Å². The van der Waals surface area contributed by atoms with Gasteiger partial charge in [-0.15, -0.1) is 0 Å². The molecule has 0 fully saturated rings. The van der Waals surface area contributed by atoms with Crippen molar-refractivity contribution in [3.05, 3.63) is 76.4 Å². The Morgan fingerprint density at radius 3 is 2.73 bits per heavy atom. The van der Waals surface area contributed by atoms with Gasteiger partial charge in [-0.1, -0.05) is 17.7 Å². The van der Waals surface area contributed by atoms with Crippen LogP contribution in [0, 0.1) is 0 Å². The summed E-state index contributed by atoms with van der Waals surface area (Å²) in [6.07, 6.45) is 2.78. The number of hydrogen-bond donors (Lipinski definition) is 1. The number of halogens is 1. The first kappa shape index (κ1) is 19.7. The summed E-state index contributed by atoms with van der Waals surface area (Å²) in [4.78, 5) is 29.5. The van der Waals surface area contributed by atoms with Gasteiger partial charge in [0.1, 0.15) is 24.0 Å². The zero-order valence-electron chi connectivity index (χ0n) is 16.1. The molecular formula is C21H18ClN5O3. The summed E-state index contributed by atoms with van der Waals surface area (Å²) in [6.45, 7) is 2.30. The van der Waals surface area contributed by atoms with Crippen molar-refractivity contribution in [2.24, 2.45) is 0 Å². The average Bonchev–Trinajstić information content (AvgIpc) is 3.17. The van der Waals surface area contributed by atoms with E-state index >= 15 is 0 Å². The number of ether oxygens (including phenoxy) is 1. The van der Waals surface area contributed by atoms with E-state index in [4.69, 9.17) is 16.3 Å². The molecule has 4 aromatic rings. The van der Waals surface area contributed by atoms with Crippen molar-refractivity contribution < 1.29 is 9.53 Å². The minimum absolute atomic E-state index is 0.169. The number of fused-ring (bicyclic) bond motifs is 1. The largest absolute Gasteiger partial charge is 0.494 e. The van der Waals surface area contributed by atoms with Crippen molar-refractivity contribution in [2.75, 3.05) is 11.9 Å². The van der Waals surface area contributed by atoms with Gasteiger partial charge in [0.25, 0.3) is 5.56 Å². The number of benzene rings is 2. The van der Waals surface area contributed by atoms with Gasteiger partial charge < -0.3 is 10.1 Å². The van der Waals surface area contributed by atoms with E-state index in [0.717, 1.165) is 5.75 Å². The zero-order valence-corrected chi connectivity index (χ0v) is 16.8. The minimum atomic E-state index is -0.352. The van der Waals surface area contributed by atoms with Gasteiger partial charge in [-0.3, -0.25) is 14.2 Å². The summed E-state index contributed by atoms with van der Waals surface area (Å²) < 4.78 is 8.16. The number of aromatic nitrogens is 4. The number of anilines is 1. The highest BCUT2D eigenvalue weighted by Gasteiger charge is 2.13. The van der Waals surface area contributed by atoms with Gasteiger partial charge in [-0.25, -0.2) is 9.67 Å². The van der Waals surface area contributed by atoms with Gasteiger partial charge in [0.05, 0.1) is 18.5 Å². The summed E-state index contributed by atoms with van der Waals surface area (Å²) in [5.41, 5.74) is 1.34. The van der Waals surface area contributed by atoms with Crippen molar-refractivity contribution in [3.63, 3.8) is 0 Å². The fourth-order valence-electron chi connectivity index (χ4n) is 3.01. The third-order valence-electron chi connectivity index (χ3n) is 4.37. The molecule has 152 valence electrons. The number of hydrogen-bond acceptors (Lipinski definition) is 5.